The Morgan fingerprint density at radius 2 is 1.21 bits per heavy atom. The van der Waals surface area contributed by atoms with E-state index in [0.29, 0.717) is 0 Å². The molecule has 0 aliphatic carbocycles. The minimum absolute atomic E-state index is 1.34. The van der Waals surface area contributed by atoms with E-state index in [0.717, 1.165) is 0 Å². The molecule has 0 N–H and O–H groups in total. The lowest BCUT2D eigenvalue weighted by Gasteiger charge is -2.37. The van der Waals surface area contributed by atoms with Crippen molar-refractivity contribution in [3.05, 3.63) is 0 Å². The van der Waals surface area contributed by atoms with Crippen molar-refractivity contribution in [3.63, 3.8) is 0 Å². The summed E-state index contributed by atoms with van der Waals surface area (Å²) in [4.78, 5) is 0. The van der Waals surface area contributed by atoms with Crippen LogP contribution >= 0.6 is 0 Å². The Morgan fingerprint density at radius 1 is 0.750 bits per heavy atom. The molecule has 1 aliphatic heterocycles. The fourth-order valence-corrected chi connectivity index (χ4v) is 2.95. The van der Waals surface area contributed by atoms with Crippen molar-refractivity contribution in [3.8, 4) is 23.9 Å². The molecule has 0 amide bonds. The van der Waals surface area contributed by atoms with Gasteiger partial charge in [0.05, 0.1) is 26.7 Å². The van der Waals surface area contributed by atoms with Crippen LogP contribution in [-0.4, -0.2) is 37.3 Å². The lowest BCUT2D eigenvalue weighted by Crippen LogP contribution is -2.48. The second-order valence-corrected chi connectivity index (χ2v) is 7.00. The molecule has 0 aromatic heterocycles. The maximum absolute atomic E-state index is 8.09. The quantitative estimate of drug-likeness (QED) is 0.405. The summed E-state index contributed by atoms with van der Waals surface area (Å²) in [6, 6.07) is 0. The topological polar surface area (TPSA) is 95.2 Å². The van der Waals surface area contributed by atoms with Crippen molar-refractivity contribution in [2.75, 3.05) is 26.7 Å². The van der Waals surface area contributed by atoms with E-state index < -0.39 is 6.15 Å². The van der Waals surface area contributed by atoms with Gasteiger partial charge in [0.1, 0.15) is 0 Å². The largest absolute Gasteiger partial charge is 0.383 e. The van der Waals surface area contributed by atoms with E-state index in [1.54, 1.807) is 0 Å². The monoisotopic (exact) mass is 327 g/mol. The zero-order valence-electron chi connectivity index (χ0n) is 15.3. The molecular weight excluding hydrogens is 297 g/mol. The van der Waals surface area contributed by atoms with Crippen LogP contribution < -0.4 is 0 Å². The van der Waals surface area contributed by atoms with Gasteiger partial charge in [-0.3, -0.25) is 0 Å². The standard InChI is InChI=1S/C14H30N.C4BN4/c1-3-4-5-6-7-9-12-15(2)13-10-8-11-14-15;6-1-5(2-7,3-8)4-9/h3-14H2,1-2H3;/q+1;-1. The summed E-state index contributed by atoms with van der Waals surface area (Å²) in [5.74, 6) is 5.38. The van der Waals surface area contributed by atoms with Gasteiger partial charge < -0.3 is 4.48 Å². The third-order valence-electron chi connectivity index (χ3n) is 4.72. The Hall–Kier alpha value is -2.02. The summed E-state index contributed by atoms with van der Waals surface area (Å²) >= 11 is 0. The maximum atomic E-state index is 8.09. The second-order valence-electron chi connectivity index (χ2n) is 7.00. The highest BCUT2D eigenvalue weighted by atomic mass is 15.3. The SMILES string of the molecule is CCCCCCCC[N+]1(C)CCCCC1.N#C[B-](C#N)(C#N)C#N. The van der Waals surface area contributed by atoms with Gasteiger partial charge in [0.2, 0.25) is 0 Å². The molecule has 5 nitrogen and oxygen atoms in total. The van der Waals surface area contributed by atoms with E-state index in [4.69, 9.17) is 21.0 Å². The van der Waals surface area contributed by atoms with Crippen molar-refractivity contribution in [2.45, 2.75) is 64.7 Å². The molecule has 1 rings (SSSR count). The van der Waals surface area contributed by atoms with Crippen LogP contribution in [0.4, 0.5) is 0 Å². The predicted molar refractivity (Wildman–Crippen MR) is 96.2 cm³/mol. The Bertz CT molecular complexity index is 450. The van der Waals surface area contributed by atoms with Gasteiger partial charge in [-0.1, -0.05) is 32.6 Å². The van der Waals surface area contributed by atoms with E-state index in [-0.39, 0.29) is 0 Å². The molecule has 6 heteroatoms. The van der Waals surface area contributed by atoms with Crippen LogP contribution in [-0.2, 0) is 0 Å². The zero-order valence-corrected chi connectivity index (χ0v) is 15.3. The molecule has 0 bridgehead atoms. The summed E-state index contributed by atoms with van der Waals surface area (Å²) in [7, 11) is 2.46. The lowest BCUT2D eigenvalue weighted by atomic mass is 9.30. The van der Waals surface area contributed by atoms with Crippen molar-refractivity contribution in [2.24, 2.45) is 0 Å². The molecule has 0 unspecified atom stereocenters. The molecule has 24 heavy (non-hydrogen) atoms. The summed E-state index contributed by atoms with van der Waals surface area (Å²) in [5.41, 5.74) is 0. The third kappa shape index (κ3) is 8.57. The van der Waals surface area contributed by atoms with Crippen molar-refractivity contribution in [1.29, 1.82) is 21.0 Å². The van der Waals surface area contributed by atoms with Gasteiger partial charge in [0, 0.05) is 0 Å². The normalized spacial score (nSPS) is 15.6. The van der Waals surface area contributed by atoms with Gasteiger partial charge in [-0.25, -0.2) is 21.0 Å². The predicted octanol–water partition coefficient (Wildman–Crippen LogP) is 3.66. The molecule has 0 atom stereocenters. The minimum atomic E-state index is -2.72. The summed E-state index contributed by atoms with van der Waals surface area (Å²) in [6.45, 7) is 6.61. The number of hydrogen-bond acceptors (Lipinski definition) is 4. The fourth-order valence-electron chi connectivity index (χ4n) is 2.95. The van der Waals surface area contributed by atoms with Crippen LogP contribution in [0.15, 0.2) is 0 Å². The summed E-state index contributed by atoms with van der Waals surface area (Å²) < 4.78 is 1.37. The van der Waals surface area contributed by atoms with Gasteiger partial charge in [0.25, 0.3) is 0 Å². The van der Waals surface area contributed by atoms with Crippen molar-refractivity contribution in [1.82, 2.24) is 0 Å². The Labute approximate surface area is 147 Å². The van der Waals surface area contributed by atoms with Crippen LogP contribution in [0.25, 0.3) is 0 Å². The molecule has 1 fully saturated rings. The molecule has 1 saturated heterocycles. The molecule has 1 heterocycles. The molecule has 0 radical (unpaired) electrons. The van der Waals surface area contributed by atoms with Gasteiger partial charge in [-0.05, 0) is 32.1 Å². The Balaban J connectivity index is 0.000000506. The summed E-state index contributed by atoms with van der Waals surface area (Å²) in [5, 5.41) is 32.3. The highest BCUT2D eigenvalue weighted by Crippen LogP contribution is 2.17. The van der Waals surface area contributed by atoms with E-state index in [1.807, 2.05) is 0 Å². The first-order valence-electron chi connectivity index (χ1n) is 9.15. The average Bonchev–Trinajstić information content (AvgIpc) is 2.62. The Morgan fingerprint density at radius 3 is 1.62 bits per heavy atom. The average molecular weight is 327 g/mol. The van der Waals surface area contributed by atoms with Crippen LogP contribution in [0.3, 0.4) is 0 Å². The number of unbranched alkanes of at least 4 members (excludes halogenated alkanes) is 5. The van der Waals surface area contributed by atoms with Crippen LogP contribution in [0.2, 0.25) is 0 Å². The number of likely N-dealkylation sites (tertiary alicyclic amines) is 1. The Kier molecular flexibility index (Phi) is 11.4. The number of piperidine rings is 1. The number of hydrogen-bond donors (Lipinski definition) is 0. The number of nitriles is 4. The highest BCUT2D eigenvalue weighted by Gasteiger charge is 2.23. The summed E-state index contributed by atoms with van der Waals surface area (Å²) in [6.07, 6.45) is 10.3. The second kappa shape index (κ2) is 12.4. The molecular formula is C18H30BN5. The minimum Gasteiger partial charge on any atom is -0.326 e. The van der Waals surface area contributed by atoms with Gasteiger partial charge in [0.15, 0.2) is 0 Å². The lowest BCUT2D eigenvalue weighted by molar-refractivity contribution is -0.914. The van der Waals surface area contributed by atoms with Crippen molar-refractivity contribution >= 4 is 6.15 Å². The first kappa shape index (κ1) is 22.0. The van der Waals surface area contributed by atoms with E-state index >= 15 is 0 Å². The smallest absolute Gasteiger partial charge is 0.326 e. The van der Waals surface area contributed by atoms with Gasteiger partial charge in [-0.2, -0.15) is 0 Å². The van der Waals surface area contributed by atoms with Gasteiger partial charge >= 0.3 is 6.15 Å². The molecule has 0 aromatic carbocycles. The van der Waals surface area contributed by atoms with Crippen LogP contribution in [0.1, 0.15) is 64.7 Å². The van der Waals surface area contributed by atoms with Crippen LogP contribution in [0.5, 0.6) is 0 Å². The fraction of sp³-hybridized carbons (Fsp3) is 0.778. The molecule has 0 aromatic rings. The maximum Gasteiger partial charge on any atom is 0.383 e. The zero-order chi connectivity index (χ0) is 18.3. The third-order valence-corrected chi connectivity index (χ3v) is 4.72. The molecule has 0 saturated carbocycles. The first-order valence-corrected chi connectivity index (χ1v) is 9.15. The highest BCUT2D eigenvalue weighted by molar-refractivity contribution is 7.05. The van der Waals surface area contributed by atoms with E-state index in [1.165, 1.54) is 106 Å². The van der Waals surface area contributed by atoms with E-state index in [2.05, 4.69) is 14.0 Å². The molecule has 0 spiro atoms. The van der Waals surface area contributed by atoms with Crippen molar-refractivity contribution < 1.29 is 4.48 Å². The number of nitrogens with zero attached hydrogens (tertiary/aromatic N) is 5. The van der Waals surface area contributed by atoms with Crippen LogP contribution in [0, 0.1) is 44.9 Å². The van der Waals surface area contributed by atoms with Gasteiger partial charge in [-0.15, -0.1) is 23.9 Å². The van der Waals surface area contributed by atoms with E-state index in [9.17, 15) is 0 Å². The first-order chi connectivity index (χ1) is 11.5. The number of quaternary nitrogens is 1. The molecule has 1 aliphatic rings. The molecule has 130 valence electrons. The number of rotatable bonds is 7.